The van der Waals surface area contributed by atoms with Crippen LogP contribution in [0.25, 0.3) is 10.2 Å². The van der Waals surface area contributed by atoms with Crippen LogP contribution in [0, 0.1) is 5.51 Å². The molecule has 8 heteroatoms. The first-order chi connectivity index (χ1) is 14.5. The van der Waals surface area contributed by atoms with Gasteiger partial charge in [0.2, 0.25) is 0 Å². The number of hydrogen-bond acceptors (Lipinski definition) is 5. The summed E-state index contributed by atoms with van der Waals surface area (Å²) in [4.78, 5) is 9.28. The Morgan fingerprint density at radius 1 is 1.00 bits per heavy atom. The van der Waals surface area contributed by atoms with Crippen LogP contribution in [-0.4, -0.2) is 49.0 Å². The number of halogens is 3. The maximum atomic E-state index is 12.2. The van der Waals surface area contributed by atoms with Crippen molar-refractivity contribution in [3.8, 4) is 5.75 Å². The molecule has 0 saturated carbocycles. The predicted molar refractivity (Wildman–Crippen MR) is 113 cm³/mol. The van der Waals surface area contributed by atoms with E-state index < -0.39 is 6.36 Å². The van der Waals surface area contributed by atoms with Crippen molar-refractivity contribution in [3.63, 3.8) is 0 Å². The molecule has 0 N–H and O–H groups in total. The Bertz CT molecular complexity index is 950. The summed E-state index contributed by atoms with van der Waals surface area (Å²) < 4.78 is 41.7. The van der Waals surface area contributed by atoms with E-state index in [1.165, 1.54) is 22.5 Å². The third-order valence-corrected chi connectivity index (χ3v) is 6.08. The highest BCUT2D eigenvalue weighted by Crippen LogP contribution is 2.28. The highest BCUT2D eigenvalue weighted by Gasteiger charge is 2.30. The highest BCUT2D eigenvalue weighted by molar-refractivity contribution is 7.16. The lowest BCUT2D eigenvalue weighted by molar-refractivity contribution is -0.274. The minimum absolute atomic E-state index is 0.171. The van der Waals surface area contributed by atoms with Crippen LogP contribution in [0.2, 0.25) is 0 Å². The third kappa shape index (κ3) is 5.43. The summed E-state index contributed by atoms with van der Waals surface area (Å²) in [5.41, 5.74) is 6.26. The number of unbranched alkanes of at least 4 members (excludes halogenated alkanes) is 1. The number of piperazine rings is 1. The fourth-order valence-electron chi connectivity index (χ4n) is 3.81. The number of thiazole rings is 1. The van der Waals surface area contributed by atoms with Crippen LogP contribution in [0.5, 0.6) is 5.75 Å². The number of aromatic nitrogens is 1. The van der Waals surface area contributed by atoms with Gasteiger partial charge in [0.05, 0.1) is 10.4 Å². The number of fused-ring (bicyclic) bond motifs is 1. The van der Waals surface area contributed by atoms with Crippen LogP contribution in [0.15, 0.2) is 42.5 Å². The molecular formula is C22H23F3N3OS. The van der Waals surface area contributed by atoms with Gasteiger partial charge in [0.15, 0.2) is 5.51 Å². The average molecular weight is 435 g/mol. The van der Waals surface area contributed by atoms with Crippen LogP contribution in [-0.2, 0) is 6.42 Å². The number of anilines is 1. The fraction of sp³-hybridized carbons (Fsp3) is 0.409. The summed E-state index contributed by atoms with van der Waals surface area (Å²) in [7, 11) is 0. The summed E-state index contributed by atoms with van der Waals surface area (Å²) in [6.07, 6.45) is -1.71. The monoisotopic (exact) mass is 434 g/mol. The molecule has 1 saturated heterocycles. The molecule has 1 aliphatic heterocycles. The Morgan fingerprint density at radius 2 is 1.77 bits per heavy atom. The van der Waals surface area contributed by atoms with Crippen molar-refractivity contribution in [2.75, 3.05) is 37.6 Å². The van der Waals surface area contributed by atoms with Gasteiger partial charge in [0.25, 0.3) is 0 Å². The number of ether oxygens (including phenoxy) is 1. The van der Waals surface area contributed by atoms with E-state index in [-0.39, 0.29) is 5.75 Å². The number of benzene rings is 2. The Kier molecular flexibility index (Phi) is 6.43. The smallest absolute Gasteiger partial charge is 0.406 e. The molecule has 30 heavy (non-hydrogen) atoms. The standard InChI is InChI=1S/C22H23F3N3OS/c23-22(24,25)29-18-9-7-17(8-10-18)4-1-2-11-27-12-14-28(15-13-27)19-5-3-6-20-21(19)26-16-30-20/h3,5-10H,1-2,4,11-15H2. The van der Waals surface area contributed by atoms with Crippen LogP contribution < -0.4 is 9.64 Å². The minimum Gasteiger partial charge on any atom is -0.406 e. The van der Waals surface area contributed by atoms with Gasteiger partial charge in [-0.05, 0) is 55.6 Å². The van der Waals surface area contributed by atoms with Gasteiger partial charge < -0.3 is 9.64 Å². The lowest BCUT2D eigenvalue weighted by atomic mass is 10.1. The van der Waals surface area contributed by atoms with E-state index in [0.29, 0.717) is 0 Å². The van der Waals surface area contributed by atoms with Crippen LogP contribution in [0.3, 0.4) is 0 Å². The molecule has 0 aliphatic carbocycles. The van der Waals surface area contributed by atoms with Gasteiger partial charge in [-0.25, -0.2) is 4.98 Å². The maximum absolute atomic E-state index is 12.2. The molecule has 2 aromatic carbocycles. The van der Waals surface area contributed by atoms with E-state index >= 15 is 0 Å². The van der Waals surface area contributed by atoms with Crippen molar-refractivity contribution in [2.45, 2.75) is 25.6 Å². The lowest BCUT2D eigenvalue weighted by Crippen LogP contribution is -2.46. The van der Waals surface area contributed by atoms with Crippen molar-refractivity contribution in [3.05, 3.63) is 53.5 Å². The second-order valence-corrected chi connectivity index (χ2v) is 8.23. The van der Waals surface area contributed by atoms with Crippen LogP contribution in [0.4, 0.5) is 18.9 Å². The van der Waals surface area contributed by atoms with Gasteiger partial charge in [-0.1, -0.05) is 18.2 Å². The average Bonchev–Trinajstić information content (AvgIpc) is 3.21. The van der Waals surface area contributed by atoms with Gasteiger partial charge in [-0.3, -0.25) is 4.90 Å². The van der Waals surface area contributed by atoms with E-state index in [4.69, 9.17) is 0 Å². The fourth-order valence-corrected chi connectivity index (χ4v) is 4.44. The Labute approximate surface area is 177 Å². The molecule has 4 nitrogen and oxygen atoms in total. The summed E-state index contributed by atoms with van der Waals surface area (Å²) in [5, 5.41) is 0. The summed E-state index contributed by atoms with van der Waals surface area (Å²) >= 11 is 1.55. The zero-order valence-electron chi connectivity index (χ0n) is 16.5. The molecule has 0 spiro atoms. The second kappa shape index (κ2) is 9.22. The topological polar surface area (TPSA) is 28.6 Å². The zero-order chi connectivity index (χ0) is 21.0. The SMILES string of the molecule is FC(F)(F)Oc1ccc(CCCCN2CCN(c3cccc4s[c]nc34)CC2)cc1. The molecule has 159 valence electrons. The quantitative estimate of drug-likeness (QED) is 0.482. The molecular weight excluding hydrogens is 411 g/mol. The first-order valence-electron chi connectivity index (χ1n) is 10.1. The molecule has 2 heterocycles. The number of hydrogen-bond donors (Lipinski definition) is 0. The summed E-state index contributed by atoms with van der Waals surface area (Å²) in [6, 6.07) is 12.5. The largest absolute Gasteiger partial charge is 0.573 e. The van der Waals surface area contributed by atoms with Crippen LogP contribution in [0.1, 0.15) is 18.4 Å². The van der Waals surface area contributed by atoms with E-state index in [1.54, 1.807) is 23.5 Å². The van der Waals surface area contributed by atoms with Gasteiger partial charge in [-0.2, -0.15) is 0 Å². The molecule has 0 unspecified atom stereocenters. The molecule has 4 rings (SSSR count). The lowest BCUT2D eigenvalue weighted by Gasteiger charge is -2.36. The Hall–Kier alpha value is -2.32. The first kappa shape index (κ1) is 20.9. The van der Waals surface area contributed by atoms with Gasteiger partial charge >= 0.3 is 6.36 Å². The van der Waals surface area contributed by atoms with E-state index in [2.05, 4.69) is 43.2 Å². The summed E-state index contributed by atoms with van der Waals surface area (Å²) in [5.74, 6) is -0.171. The molecule has 0 amide bonds. The predicted octanol–water partition coefficient (Wildman–Crippen LogP) is 5.14. The Balaban J connectivity index is 1.18. The Morgan fingerprint density at radius 3 is 2.50 bits per heavy atom. The number of rotatable bonds is 7. The molecule has 3 aromatic rings. The van der Waals surface area contributed by atoms with E-state index in [1.807, 2.05) is 0 Å². The van der Waals surface area contributed by atoms with Gasteiger partial charge in [-0.15, -0.1) is 24.5 Å². The van der Waals surface area contributed by atoms with Crippen molar-refractivity contribution in [1.82, 2.24) is 9.88 Å². The van der Waals surface area contributed by atoms with Crippen molar-refractivity contribution in [1.29, 1.82) is 0 Å². The van der Waals surface area contributed by atoms with Crippen LogP contribution >= 0.6 is 11.3 Å². The summed E-state index contributed by atoms with van der Waals surface area (Å²) in [6.45, 7) is 5.05. The van der Waals surface area contributed by atoms with Crippen molar-refractivity contribution in [2.24, 2.45) is 0 Å². The highest BCUT2D eigenvalue weighted by atomic mass is 32.1. The maximum Gasteiger partial charge on any atom is 0.573 e. The zero-order valence-corrected chi connectivity index (χ0v) is 17.3. The van der Waals surface area contributed by atoms with E-state index in [9.17, 15) is 13.2 Å². The molecule has 0 atom stereocenters. The first-order valence-corrected chi connectivity index (χ1v) is 10.9. The number of aryl methyl sites for hydroxylation is 1. The minimum atomic E-state index is -4.64. The number of alkyl halides is 3. The molecule has 1 aromatic heterocycles. The number of nitrogens with zero attached hydrogens (tertiary/aromatic N) is 3. The van der Waals surface area contributed by atoms with E-state index in [0.717, 1.165) is 63.1 Å². The molecule has 0 bridgehead atoms. The third-order valence-electron chi connectivity index (χ3n) is 5.35. The molecule has 1 fully saturated rings. The molecule has 1 aliphatic rings. The van der Waals surface area contributed by atoms with Gasteiger partial charge in [0.1, 0.15) is 11.3 Å². The second-order valence-electron chi connectivity index (χ2n) is 7.41. The van der Waals surface area contributed by atoms with Gasteiger partial charge in [0, 0.05) is 26.2 Å². The number of para-hydroxylation sites is 1. The molecule has 1 radical (unpaired) electrons. The van der Waals surface area contributed by atoms with Crippen molar-refractivity contribution < 1.29 is 17.9 Å². The van der Waals surface area contributed by atoms with Crippen molar-refractivity contribution >= 4 is 27.2 Å². The normalized spacial score (nSPS) is 15.6.